The first-order valence-electron chi connectivity index (χ1n) is 7.55. The molecule has 3 N–H and O–H groups in total. The highest BCUT2D eigenvalue weighted by molar-refractivity contribution is 5.94. The Morgan fingerprint density at radius 1 is 1.43 bits per heavy atom. The molecule has 23 heavy (non-hydrogen) atoms. The third-order valence-corrected chi connectivity index (χ3v) is 4.17. The third kappa shape index (κ3) is 3.40. The van der Waals surface area contributed by atoms with Crippen LogP contribution >= 0.6 is 12.4 Å². The quantitative estimate of drug-likeness (QED) is 0.786. The van der Waals surface area contributed by atoms with E-state index in [2.05, 4.69) is 26.0 Å². The van der Waals surface area contributed by atoms with Crippen molar-refractivity contribution in [1.29, 1.82) is 0 Å². The molecule has 0 fully saturated rings. The van der Waals surface area contributed by atoms with Crippen LogP contribution in [0.5, 0.6) is 0 Å². The molecular weight excluding hydrogens is 318 g/mol. The zero-order valence-corrected chi connectivity index (χ0v) is 14.3. The summed E-state index contributed by atoms with van der Waals surface area (Å²) in [5.74, 6) is 0.809. The summed E-state index contributed by atoms with van der Waals surface area (Å²) in [7, 11) is 0. The molecule has 2 aromatic rings. The van der Waals surface area contributed by atoms with E-state index in [4.69, 9.17) is 4.52 Å². The summed E-state index contributed by atoms with van der Waals surface area (Å²) in [4.78, 5) is 12.4. The molecular formula is C15H22ClN5O2. The second-order valence-electron chi connectivity index (χ2n) is 5.81. The van der Waals surface area contributed by atoms with Gasteiger partial charge in [0.25, 0.3) is 5.91 Å². The SMILES string of the molecule is Cc1noc(C)c1C(C)CNC(=O)c1n[nH]c2c1CNCC2.Cl. The second kappa shape index (κ2) is 7.14. The molecule has 1 amide bonds. The highest BCUT2D eigenvalue weighted by atomic mass is 35.5. The predicted octanol–water partition coefficient (Wildman–Crippen LogP) is 1.62. The minimum absolute atomic E-state index is 0. The van der Waals surface area contributed by atoms with Crippen LogP contribution in [0.1, 0.15) is 51.6 Å². The number of halogens is 1. The lowest BCUT2D eigenvalue weighted by atomic mass is 9.99. The number of amides is 1. The molecule has 8 heteroatoms. The zero-order valence-electron chi connectivity index (χ0n) is 13.5. The van der Waals surface area contributed by atoms with Gasteiger partial charge in [0.1, 0.15) is 5.76 Å². The van der Waals surface area contributed by atoms with Crippen LogP contribution in [0.15, 0.2) is 4.52 Å². The first-order valence-corrected chi connectivity index (χ1v) is 7.55. The monoisotopic (exact) mass is 339 g/mol. The summed E-state index contributed by atoms with van der Waals surface area (Å²) in [5, 5.41) is 17.3. The van der Waals surface area contributed by atoms with Gasteiger partial charge in [-0.1, -0.05) is 12.1 Å². The number of hydrogen-bond donors (Lipinski definition) is 3. The number of aromatic nitrogens is 3. The van der Waals surface area contributed by atoms with Crippen LogP contribution in [0.2, 0.25) is 0 Å². The Labute approximate surface area is 141 Å². The fourth-order valence-electron chi connectivity index (χ4n) is 3.04. The Hall–Kier alpha value is -1.86. The van der Waals surface area contributed by atoms with Gasteiger partial charge < -0.3 is 15.2 Å². The van der Waals surface area contributed by atoms with Gasteiger partial charge in [0, 0.05) is 48.8 Å². The van der Waals surface area contributed by atoms with Crippen LogP contribution < -0.4 is 10.6 Å². The number of nitrogens with zero attached hydrogens (tertiary/aromatic N) is 2. The molecule has 1 aliphatic heterocycles. The fourth-order valence-corrected chi connectivity index (χ4v) is 3.04. The zero-order chi connectivity index (χ0) is 15.7. The van der Waals surface area contributed by atoms with Crippen LogP contribution in [-0.4, -0.2) is 34.4 Å². The average molecular weight is 340 g/mol. The summed E-state index contributed by atoms with van der Waals surface area (Å²) in [6, 6.07) is 0. The number of nitrogens with one attached hydrogen (secondary N) is 3. The molecule has 0 aromatic carbocycles. The average Bonchev–Trinajstić information content (AvgIpc) is 3.08. The van der Waals surface area contributed by atoms with E-state index in [-0.39, 0.29) is 24.2 Å². The summed E-state index contributed by atoms with van der Waals surface area (Å²) < 4.78 is 5.18. The van der Waals surface area contributed by atoms with E-state index in [1.807, 2.05) is 20.8 Å². The lowest BCUT2D eigenvalue weighted by molar-refractivity contribution is 0.0945. The molecule has 1 atom stereocenters. The van der Waals surface area contributed by atoms with Crippen LogP contribution in [-0.2, 0) is 13.0 Å². The van der Waals surface area contributed by atoms with Gasteiger partial charge in [0.05, 0.1) is 5.69 Å². The van der Waals surface area contributed by atoms with Crippen molar-refractivity contribution in [3.05, 3.63) is 34.0 Å². The van der Waals surface area contributed by atoms with E-state index in [1.54, 1.807) is 0 Å². The predicted molar refractivity (Wildman–Crippen MR) is 88.0 cm³/mol. The molecule has 1 aliphatic rings. The number of carbonyl (C=O) groups excluding carboxylic acids is 1. The van der Waals surface area contributed by atoms with E-state index in [0.29, 0.717) is 18.8 Å². The number of aryl methyl sites for hydroxylation is 2. The highest BCUT2D eigenvalue weighted by Crippen LogP contribution is 2.22. The van der Waals surface area contributed by atoms with Gasteiger partial charge in [-0.15, -0.1) is 12.4 Å². The van der Waals surface area contributed by atoms with Gasteiger partial charge in [0.15, 0.2) is 5.69 Å². The molecule has 1 unspecified atom stereocenters. The molecule has 0 aliphatic carbocycles. The van der Waals surface area contributed by atoms with E-state index >= 15 is 0 Å². The van der Waals surface area contributed by atoms with Gasteiger partial charge in [0.2, 0.25) is 0 Å². The van der Waals surface area contributed by atoms with Crippen molar-refractivity contribution >= 4 is 18.3 Å². The fraction of sp³-hybridized carbons (Fsp3) is 0.533. The molecule has 126 valence electrons. The summed E-state index contributed by atoms with van der Waals surface area (Å²) in [6.45, 7) is 7.99. The van der Waals surface area contributed by atoms with Crippen molar-refractivity contribution in [2.75, 3.05) is 13.1 Å². The number of aromatic amines is 1. The van der Waals surface area contributed by atoms with Gasteiger partial charge >= 0.3 is 0 Å². The molecule has 3 rings (SSSR count). The Kier molecular flexibility index (Phi) is 5.43. The Balaban J connectivity index is 0.00000192. The minimum atomic E-state index is -0.139. The lowest BCUT2D eigenvalue weighted by Crippen LogP contribution is -2.30. The van der Waals surface area contributed by atoms with Crippen LogP contribution in [0, 0.1) is 13.8 Å². The van der Waals surface area contributed by atoms with E-state index in [0.717, 1.165) is 41.2 Å². The third-order valence-electron chi connectivity index (χ3n) is 4.17. The molecule has 3 heterocycles. The normalized spacial score (nSPS) is 14.7. The van der Waals surface area contributed by atoms with E-state index in [1.165, 1.54) is 0 Å². The maximum absolute atomic E-state index is 12.4. The van der Waals surface area contributed by atoms with E-state index < -0.39 is 0 Å². The van der Waals surface area contributed by atoms with Crippen molar-refractivity contribution in [2.24, 2.45) is 0 Å². The Morgan fingerprint density at radius 2 is 2.22 bits per heavy atom. The molecule has 0 spiro atoms. The molecule has 0 radical (unpaired) electrons. The molecule has 0 saturated carbocycles. The first-order chi connectivity index (χ1) is 10.6. The summed E-state index contributed by atoms with van der Waals surface area (Å²) >= 11 is 0. The number of H-pyrrole nitrogens is 1. The van der Waals surface area contributed by atoms with Crippen molar-refractivity contribution < 1.29 is 9.32 Å². The van der Waals surface area contributed by atoms with Gasteiger partial charge in [-0.2, -0.15) is 5.10 Å². The van der Waals surface area contributed by atoms with Gasteiger partial charge in [-0.3, -0.25) is 9.89 Å². The van der Waals surface area contributed by atoms with Crippen LogP contribution in [0.4, 0.5) is 0 Å². The summed E-state index contributed by atoms with van der Waals surface area (Å²) in [5.41, 5.74) is 4.47. The number of hydrogen-bond acceptors (Lipinski definition) is 5. The van der Waals surface area contributed by atoms with Crippen molar-refractivity contribution in [3.63, 3.8) is 0 Å². The van der Waals surface area contributed by atoms with E-state index in [9.17, 15) is 4.79 Å². The van der Waals surface area contributed by atoms with Crippen LogP contribution in [0.25, 0.3) is 0 Å². The largest absolute Gasteiger partial charge is 0.361 e. The smallest absolute Gasteiger partial charge is 0.272 e. The Bertz CT molecular complexity index is 675. The Morgan fingerprint density at radius 3 is 2.91 bits per heavy atom. The molecule has 0 saturated heterocycles. The molecule has 2 aromatic heterocycles. The maximum atomic E-state index is 12.4. The van der Waals surface area contributed by atoms with Crippen molar-refractivity contribution in [2.45, 2.75) is 39.7 Å². The van der Waals surface area contributed by atoms with Crippen molar-refractivity contribution in [3.8, 4) is 0 Å². The summed E-state index contributed by atoms with van der Waals surface area (Å²) in [6.07, 6.45) is 0.880. The standard InChI is InChI=1S/C15H21N5O2.ClH/c1-8(13-9(2)20-22-10(13)3)6-17-15(21)14-11-7-16-5-4-12(11)18-19-14;/h8,16H,4-7H2,1-3H3,(H,17,21)(H,18,19);1H. The number of rotatable bonds is 4. The van der Waals surface area contributed by atoms with Gasteiger partial charge in [-0.25, -0.2) is 0 Å². The first kappa shape index (κ1) is 17.5. The lowest BCUT2D eigenvalue weighted by Gasteiger charge is -2.14. The number of fused-ring (bicyclic) bond motifs is 1. The maximum Gasteiger partial charge on any atom is 0.272 e. The van der Waals surface area contributed by atoms with Gasteiger partial charge in [-0.05, 0) is 13.8 Å². The second-order valence-corrected chi connectivity index (χ2v) is 5.81. The van der Waals surface area contributed by atoms with Crippen molar-refractivity contribution in [1.82, 2.24) is 26.0 Å². The van der Waals surface area contributed by atoms with Crippen LogP contribution in [0.3, 0.4) is 0 Å². The molecule has 7 nitrogen and oxygen atoms in total. The number of carbonyl (C=O) groups is 1. The molecule has 0 bridgehead atoms. The minimum Gasteiger partial charge on any atom is -0.361 e. The highest BCUT2D eigenvalue weighted by Gasteiger charge is 2.23. The topological polar surface area (TPSA) is 95.8 Å².